The predicted octanol–water partition coefficient (Wildman–Crippen LogP) is 0.318. The summed E-state index contributed by atoms with van der Waals surface area (Å²) < 4.78 is 31.8. The van der Waals surface area contributed by atoms with E-state index in [0.29, 0.717) is 6.61 Å². The molecule has 4 atom stereocenters. The minimum Gasteiger partial charge on any atom is -0.447 e. The molecule has 0 bridgehead atoms. The molecule has 0 saturated carbocycles. The summed E-state index contributed by atoms with van der Waals surface area (Å²) in [5.74, 6) is 4.19. The van der Waals surface area contributed by atoms with E-state index in [4.69, 9.17) is 28.4 Å². The molecule has 1 heterocycles. The highest BCUT2D eigenvalue weighted by Gasteiger charge is 2.42. The monoisotopic (exact) mass is 302 g/mol. The van der Waals surface area contributed by atoms with Crippen molar-refractivity contribution in [2.24, 2.45) is 0 Å². The molecule has 0 N–H and O–H groups in total. The fourth-order valence-corrected chi connectivity index (χ4v) is 1.98. The van der Waals surface area contributed by atoms with E-state index in [-0.39, 0.29) is 19.7 Å². The third kappa shape index (κ3) is 5.61. The van der Waals surface area contributed by atoms with Crippen LogP contribution in [0.1, 0.15) is 13.8 Å². The molecule has 120 valence electrons. The maximum Gasteiger partial charge on any atom is 0.384 e. The summed E-state index contributed by atoms with van der Waals surface area (Å²) in [6, 6.07) is 0. The van der Waals surface area contributed by atoms with Gasteiger partial charge in [-0.15, -0.1) is 0 Å². The lowest BCUT2D eigenvalue weighted by atomic mass is 10.0. The average molecular weight is 302 g/mol. The van der Waals surface area contributed by atoms with Crippen LogP contribution in [0, 0.1) is 11.8 Å². The highest BCUT2D eigenvalue weighted by atomic mass is 16.7. The molecule has 1 aliphatic heterocycles. The molecule has 0 spiro atoms. The Labute approximate surface area is 124 Å². The third-order valence-electron chi connectivity index (χ3n) is 2.92. The summed E-state index contributed by atoms with van der Waals surface area (Å²) in [5.41, 5.74) is 0. The first kappa shape index (κ1) is 17.9. The van der Waals surface area contributed by atoms with E-state index in [9.17, 15) is 4.79 Å². The zero-order chi connectivity index (χ0) is 15.7. The average Bonchev–Trinajstić information content (AvgIpc) is 2.47. The van der Waals surface area contributed by atoms with E-state index in [1.54, 1.807) is 13.8 Å². The maximum atomic E-state index is 11.6. The molecule has 7 nitrogen and oxygen atoms in total. The molecule has 0 aromatic carbocycles. The summed E-state index contributed by atoms with van der Waals surface area (Å²) in [5, 5.41) is 0. The molecule has 1 aliphatic rings. The van der Waals surface area contributed by atoms with Crippen LogP contribution >= 0.6 is 0 Å². The first-order valence-electron chi connectivity index (χ1n) is 6.60. The molecular formula is C14H22O7. The molecule has 1 saturated heterocycles. The van der Waals surface area contributed by atoms with Crippen molar-refractivity contribution in [2.45, 2.75) is 38.3 Å². The Bertz CT molecular complexity index is 371. The molecule has 7 heteroatoms. The number of methoxy groups -OCH3 is 2. The van der Waals surface area contributed by atoms with Gasteiger partial charge in [-0.1, -0.05) is 5.92 Å². The van der Waals surface area contributed by atoms with Gasteiger partial charge in [0.05, 0.1) is 12.7 Å². The second kappa shape index (κ2) is 9.71. The fraction of sp³-hybridized carbons (Fsp3) is 0.786. The lowest BCUT2D eigenvalue weighted by molar-refractivity contribution is -0.250. The number of esters is 1. The molecule has 0 unspecified atom stereocenters. The van der Waals surface area contributed by atoms with Crippen molar-refractivity contribution >= 4 is 5.97 Å². The molecular weight excluding hydrogens is 280 g/mol. The number of rotatable bonds is 7. The van der Waals surface area contributed by atoms with Gasteiger partial charge in [-0.3, -0.25) is 0 Å². The van der Waals surface area contributed by atoms with Crippen molar-refractivity contribution in [3.05, 3.63) is 0 Å². The van der Waals surface area contributed by atoms with E-state index in [1.807, 2.05) is 0 Å². The quantitative estimate of drug-likeness (QED) is 0.290. The van der Waals surface area contributed by atoms with Crippen molar-refractivity contribution in [3.63, 3.8) is 0 Å². The molecule has 0 radical (unpaired) electrons. The Morgan fingerprint density at radius 1 is 1.19 bits per heavy atom. The van der Waals surface area contributed by atoms with Gasteiger partial charge in [0.1, 0.15) is 25.8 Å². The van der Waals surface area contributed by atoms with Crippen LogP contribution in [0.15, 0.2) is 0 Å². The Hall–Kier alpha value is -1.17. The smallest absolute Gasteiger partial charge is 0.384 e. The minimum absolute atomic E-state index is 0.0533. The molecule has 0 aromatic heterocycles. The number of carbonyl (C=O) groups is 1. The normalized spacial score (nSPS) is 28.6. The van der Waals surface area contributed by atoms with Gasteiger partial charge in [-0.05, 0) is 13.8 Å². The molecule has 21 heavy (non-hydrogen) atoms. The van der Waals surface area contributed by atoms with E-state index in [1.165, 1.54) is 14.2 Å². The molecule has 0 aliphatic carbocycles. The first-order valence-corrected chi connectivity index (χ1v) is 6.60. The number of hydrogen-bond acceptors (Lipinski definition) is 7. The highest BCUT2D eigenvalue weighted by molar-refractivity contribution is 5.88. The lowest BCUT2D eigenvalue weighted by Gasteiger charge is -2.39. The minimum atomic E-state index is -0.635. The standard InChI is InChI=1S/C14H22O7/c1-5-6-12(15)21-13-10(2)18-7-11(19-8-16-3)14(13)20-9-17-4/h10-11,13-14H,7-9H2,1-4H3/t10-,11+,13+,14-/m1/s1. The van der Waals surface area contributed by atoms with Crippen LogP contribution in [-0.2, 0) is 33.2 Å². The van der Waals surface area contributed by atoms with E-state index >= 15 is 0 Å². The zero-order valence-electron chi connectivity index (χ0n) is 12.8. The Morgan fingerprint density at radius 3 is 2.48 bits per heavy atom. The Morgan fingerprint density at radius 2 is 1.86 bits per heavy atom. The summed E-state index contributed by atoms with van der Waals surface area (Å²) in [6.07, 6.45) is -1.92. The van der Waals surface area contributed by atoms with Crippen LogP contribution in [-0.4, -0.2) is 64.8 Å². The first-order chi connectivity index (χ1) is 10.1. The van der Waals surface area contributed by atoms with Crippen molar-refractivity contribution in [3.8, 4) is 11.8 Å². The van der Waals surface area contributed by atoms with Crippen molar-refractivity contribution in [1.29, 1.82) is 0 Å². The maximum absolute atomic E-state index is 11.6. The van der Waals surface area contributed by atoms with E-state index in [2.05, 4.69) is 11.8 Å². The van der Waals surface area contributed by atoms with Crippen LogP contribution < -0.4 is 0 Å². The van der Waals surface area contributed by atoms with Gasteiger partial charge in [0.25, 0.3) is 0 Å². The van der Waals surface area contributed by atoms with Crippen LogP contribution in [0.5, 0.6) is 0 Å². The van der Waals surface area contributed by atoms with Crippen LogP contribution in [0.25, 0.3) is 0 Å². The van der Waals surface area contributed by atoms with E-state index in [0.717, 1.165) is 0 Å². The van der Waals surface area contributed by atoms with E-state index < -0.39 is 24.3 Å². The Balaban J connectivity index is 2.78. The van der Waals surface area contributed by atoms with Gasteiger partial charge in [0.15, 0.2) is 6.10 Å². The lowest BCUT2D eigenvalue weighted by Crippen LogP contribution is -2.56. The predicted molar refractivity (Wildman–Crippen MR) is 72.2 cm³/mol. The number of carbonyl (C=O) groups excluding carboxylic acids is 1. The summed E-state index contributed by atoms with van der Waals surface area (Å²) in [4.78, 5) is 11.6. The van der Waals surface area contributed by atoms with Crippen molar-refractivity contribution in [1.82, 2.24) is 0 Å². The fourth-order valence-electron chi connectivity index (χ4n) is 1.98. The molecule has 0 aromatic rings. The highest BCUT2D eigenvalue weighted by Crippen LogP contribution is 2.23. The van der Waals surface area contributed by atoms with Gasteiger partial charge >= 0.3 is 5.97 Å². The largest absolute Gasteiger partial charge is 0.447 e. The van der Waals surface area contributed by atoms with Crippen LogP contribution in [0.2, 0.25) is 0 Å². The van der Waals surface area contributed by atoms with Gasteiger partial charge in [-0.25, -0.2) is 4.79 Å². The molecule has 0 amide bonds. The van der Waals surface area contributed by atoms with Gasteiger partial charge < -0.3 is 28.4 Å². The summed E-state index contributed by atoms with van der Waals surface area (Å²) in [6.45, 7) is 3.81. The number of ether oxygens (including phenoxy) is 6. The third-order valence-corrected chi connectivity index (χ3v) is 2.92. The van der Waals surface area contributed by atoms with Crippen molar-refractivity contribution in [2.75, 3.05) is 34.4 Å². The topological polar surface area (TPSA) is 72.5 Å². The van der Waals surface area contributed by atoms with Crippen molar-refractivity contribution < 1.29 is 33.2 Å². The SMILES string of the molecule is CC#CC(=O)O[C@@H]1[C@H](OCOC)[C@@H](OCOC)CO[C@@H]1C. The zero-order valence-corrected chi connectivity index (χ0v) is 12.8. The summed E-state index contributed by atoms with van der Waals surface area (Å²) >= 11 is 0. The van der Waals surface area contributed by atoms with Crippen LogP contribution in [0.4, 0.5) is 0 Å². The number of hydrogen-bond donors (Lipinski definition) is 0. The molecule has 1 fully saturated rings. The van der Waals surface area contributed by atoms with Gasteiger partial charge in [0, 0.05) is 20.1 Å². The molecule has 1 rings (SSSR count). The Kier molecular flexibility index (Phi) is 8.27. The second-order valence-corrected chi connectivity index (χ2v) is 4.43. The summed E-state index contributed by atoms with van der Waals surface area (Å²) in [7, 11) is 3.03. The second-order valence-electron chi connectivity index (χ2n) is 4.43. The van der Waals surface area contributed by atoms with Gasteiger partial charge in [0.2, 0.25) is 0 Å². The van der Waals surface area contributed by atoms with Crippen LogP contribution in [0.3, 0.4) is 0 Å². The van der Waals surface area contributed by atoms with Gasteiger partial charge in [-0.2, -0.15) is 0 Å².